The lowest BCUT2D eigenvalue weighted by molar-refractivity contribution is -0.677. The van der Waals surface area contributed by atoms with Crippen LogP contribution in [0, 0.1) is 0 Å². The number of nitrogens with two attached hydrogens (primary N) is 1. The highest BCUT2D eigenvalue weighted by molar-refractivity contribution is 5.68. The zero-order chi connectivity index (χ0) is 11.7. The van der Waals surface area contributed by atoms with Crippen molar-refractivity contribution in [3.05, 3.63) is 35.9 Å². The van der Waals surface area contributed by atoms with Gasteiger partial charge in [0.25, 0.3) is 0 Å². The van der Waals surface area contributed by atoms with E-state index in [2.05, 4.69) is 5.32 Å². The highest BCUT2D eigenvalue weighted by Crippen LogP contribution is 2.19. The molecule has 0 aromatic heterocycles. The second-order valence-electron chi connectivity index (χ2n) is 4.81. The molecule has 17 heavy (non-hydrogen) atoms. The molecule has 4 nitrogen and oxygen atoms in total. The number of quaternary nitrogens is 1. The molecule has 2 aliphatic heterocycles. The molecular weight excluding hydrogens is 216 g/mol. The number of amides is 1. The highest BCUT2D eigenvalue weighted by Gasteiger charge is 2.44. The number of nitrogens with zero attached hydrogens (tertiary/aromatic N) is 1. The zero-order valence-corrected chi connectivity index (χ0v) is 9.71. The van der Waals surface area contributed by atoms with Crippen LogP contribution in [-0.4, -0.2) is 36.2 Å². The molecule has 0 spiro atoms. The molecule has 2 fully saturated rings. The molecule has 2 atom stereocenters. The fourth-order valence-corrected chi connectivity index (χ4v) is 2.72. The molecule has 1 aromatic rings. The molecule has 90 valence electrons. The average Bonchev–Trinajstić information content (AvgIpc) is 2.99. The van der Waals surface area contributed by atoms with Gasteiger partial charge < -0.3 is 10.1 Å². The number of carbonyl (C=O) groups excluding carboxylic acids is 1. The van der Waals surface area contributed by atoms with Crippen molar-refractivity contribution in [1.82, 2.24) is 4.90 Å². The van der Waals surface area contributed by atoms with Crippen molar-refractivity contribution in [3.8, 4) is 0 Å². The van der Waals surface area contributed by atoms with Gasteiger partial charge in [0, 0.05) is 6.42 Å². The average molecular weight is 233 g/mol. The van der Waals surface area contributed by atoms with E-state index in [0.29, 0.717) is 18.7 Å². The molecule has 2 heterocycles. The van der Waals surface area contributed by atoms with Gasteiger partial charge in [-0.05, 0) is 5.56 Å². The van der Waals surface area contributed by atoms with Crippen LogP contribution in [0.25, 0.3) is 0 Å². The third-order valence-electron chi connectivity index (χ3n) is 3.63. The molecule has 2 bridgehead atoms. The maximum atomic E-state index is 11.9. The van der Waals surface area contributed by atoms with Gasteiger partial charge in [-0.25, -0.2) is 4.79 Å². The summed E-state index contributed by atoms with van der Waals surface area (Å²) in [6.45, 7) is 2.25. The van der Waals surface area contributed by atoms with Crippen molar-refractivity contribution < 1.29 is 14.8 Å². The first-order valence-electron chi connectivity index (χ1n) is 6.13. The van der Waals surface area contributed by atoms with E-state index < -0.39 is 0 Å². The van der Waals surface area contributed by atoms with Crippen LogP contribution in [0.4, 0.5) is 4.79 Å². The summed E-state index contributed by atoms with van der Waals surface area (Å²) in [6, 6.07) is 10.8. The van der Waals surface area contributed by atoms with Crippen LogP contribution < -0.4 is 5.32 Å². The first kappa shape index (κ1) is 10.6. The normalized spacial score (nSPS) is 26.2. The summed E-state index contributed by atoms with van der Waals surface area (Å²) in [6.07, 6.45) is 0.968. The predicted molar refractivity (Wildman–Crippen MR) is 62.3 cm³/mol. The number of likely N-dealkylation sites (tertiary alicyclic amines) is 1. The molecule has 0 aliphatic carbocycles. The van der Waals surface area contributed by atoms with Crippen LogP contribution in [0.3, 0.4) is 0 Å². The molecule has 1 aromatic carbocycles. The largest absolute Gasteiger partial charge is 0.445 e. The Morgan fingerprint density at radius 3 is 2.88 bits per heavy atom. The maximum absolute atomic E-state index is 11.9. The van der Waals surface area contributed by atoms with Gasteiger partial charge in [0.2, 0.25) is 0 Å². The summed E-state index contributed by atoms with van der Waals surface area (Å²) in [5.41, 5.74) is 1.04. The third kappa shape index (κ3) is 2.13. The Morgan fingerprint density at radius 1 is 1.41 bits per heavy atom. The molecule has 0 radical (unpaired) electrons. The summed E-state index contributed by atoms with van der Waals surface area (Å²) < 4.78 is 5.34. The molecule has 0 saturated carbocycles. The molecule has 0 unspecified atom stereocenters. The number of hydrogen-bond acceptors (Lipinski definition) is 2. The van der Waals surface area contributed by atoms with Crippen molar-refractivity contribution in [1.29, 1.82) is 0 Å². The van der Waals surface area contributed by atoms with E-state index in [1.807, 2.05) is 35.2 Å². The van der Waals surface area contributed by atoms with E-state index in [0.717, 1.165) is 25.1 Å². The van der Waals surface area contributed by atoms with Crippen molar-refractivity contribution in [2.24, 2.45) is 0 Å². The van der Waals surface area contributed by atoms with Crippen LogP contribution in [0.5, 0.6) is 0 Å². The van der Waals surface area contributed by atoms with Gasteiger partial charge in [0.15, 0.2) is 0 Å². The van der Waals surface area contributed by atoms with Crippen molar-refractivity contribution in [3.63, 3.8) is 0 Å². The van der Waals surface area contributed by atoms with Crippen LogP contribution in [0.2, 0.25) is 0 Å². The quantitative estimate of drug-likeness (QED) is 0.801. The summed E-state index contributed by atoms with van der Waals surface area (Å²) in [5, 5.41) is 2.33. The third-order valence-corrected chi connectivity index (χ3v) is 3.63. The minimum atomic E-state index is -0.158. The molecule has 3 rings (SSSR count). The predicted octanol–water partition coefficient (Wildman–Crippen LogP) is 0.343. The number of fused-ring (bicyclic) bond motifs is 2. The lowest BCUT2D eigenvalue weighted by atomic mass is 10.2. The Morgan fingerprint density at radius 2 is 2.24 bits per heavy atom. The number of carbonyl (C=O) groups is 1. The summed E-state index contributed by atoms with van der Waals surface area (Å²) in [4.78, 5) is 13.8. The number of ether oxygens (including phenoxy) is 1. The van der Waals surface area contributed by atoms with E-state index >= 15 is 0 Å². The second-order valence-corrected chi connectivity index (χ2v) is 4.81. The van der Waals surface area contributed by atoms with E-state index in [1.165, 1.54) is 0 Å². The standard InChI is InChI=1S/C13H16N2O2/c16-13(15-8-11-6-12(15)7-14-11)17-9-10-4-2-1-3-5-10/h1-5,11-12,14H,6-9H2/p+1/t11-,12-/m1/s1. The van der Waals surface area contributed by atoms with E-state index in [9.17, 15) is 4.79 Å². The SMILES string of the molecule is O=C(OCc1ccccc1)N1C[C@H]2C[C@@H]1C[NH2+]2. The number of rotatable bonds is 2. The monoisotopic (exact) mass is 233 g/mol. The van der Waals surface area contributed by atoms with Gasteiger partial charge in [-0.3, -0.25) is 4.90 Å². The van der Waals surface area contributed by atoms with Gasteiger partial charge in [0.1, 0.15) is 12.6 Å². The first-order valence-corrected chi connectivity index (χ1v) is 6.13. The molecular formula is C13H17N2O2+. The summed E-state index contributed by atoms with van der Waals surface area (Å²) in [7, 11) is 0. The van der Waals surface area contributed by atoms with Gasteiger partial charge in [0.05, 0.1) is 19.1 Å². The lowest BCUT2D eigenvalue weighted by Gasteiger charge is -2.24. The zero-order valence-electron chi connectivity index (χ0n) is 9.71. The van der Waals surface area contributed by atoms with Gasteiger partial charge in [-0.1, -0.05) is 30.3 Å². The number of hydrogen-bond donors (Lipinski definition) is 1. The Kier molecular flexibility index (Phi) is 2.73. The highest BCUT2D eigenvalue weighted by atomic mass is 16.6. The Labute approximate surface area is 101 Å². The van der Waals surface area contributed by atoms with E-state index in [1.54, 1.807) is 0 Å². The summed E-state index contributed by atoms with van der Waals surface area (Å²) >= 11 is 0. The van der Waals surface area contributed by atoms with Gasteiger partial charge >= 0.3 is 6.09 Å². The fraction of sp³-hybridized carbons (Fsp3) is 0.462. The second kappa shape index (κ2) is 4.37. The Balaban J connectivity index is 1.54. The molecule has 4 heteroatoms. The topological polar surface area (TPSA) is 46.1 Å². The van der Waals surface area contributed by atoms with Crippen molar-refractivity contribution >= 4 is 6.09 Å². The van der Waals surface area contributed by atoms with Crippen molar-refractivity contribution in [2.75, 3.05) is 13.1 Å². The Bertz CT molecular complexity index is 407. The van der Waals surface area contributed by atoms with E-state index in [-0.39, 0.29) is 6.09 Å². The first-order chi connectivity index (χ1) is 8.33. The molecule has 1 amide bonds. The smallest absolute Gasteiger partial charge is 0.410 e. The minimum absolute atomic E-state index is 0.158. The Hall–Kier alpha value is -1.55. The number of piperazine rings is 1. The lowest BCUT2D eigenvalue weighted by Crippen LogP contribution is -2.91. The number of benzene rings is 1. The van der Waals surface area contributed by atoms with Gasteiger partial charge in [-0.15, -0.1) is 0 Å². The van der Waals surface area contributed by atoms with E-state index in [4.69, 9.17) is 4.74 Å². The van der Waals surface area contributed by atoms with Crippen LogP contribution >= 0.6 is 0 Å². The fourth-order valence-electron chi connectivity index (χ4n) is 2.72. The van der Waals surface area contributed by atoms with Crippen LogP contribution in [0.15, 0.2) is 30.3 Å². The maximum Gasteiger partial charge on any atom is 0.410 e. The molecule has 2 saturated heterocycles. The molecule has 2 aliphatic rings. The summed E-state index contributed by atoms with van der Waals surface area (Å²) in [5.74, 6) is 0. The van der Waals surface area contributed by atoms with Gasteiger partial charge in [-0.2, -0.15) is 0 Å². The minimum Gasteiger partial charge on any atom is -0.445 e. The molecule has 2 N–H and O–H groups in total. The van der Waals surface area contributed by atoms with Crippen molar-refractivity contribution in [2.45, 2.75) is 25.1 Å². The van der Waals surface area contributed by atoms with Crippen LogP contribution in [-0.2, 0) is 11.3 Å². The van der Waals surface area contributed by atoms with Crippen LogP contribution in [0.1, 0.15) is 12.0 Å².